The van der Waals surface area contributed by atoms with Crippen molar-refractivity contribution in [1.82, 2.24) is 14.5 Å². The summed E-state index contributed by atoms with van der Waals surface area (Å²) in [6.45, 7) is 0. The van der Waals surface area contributed by atoms with Gasteiger partial charge in [-0.15, -0.1) is 0 Å². The highest BCUT2D eigenvalue weighted by molar-refractivity contribution is 6.09. The van der Waals surface area contributed by atoms with Crippen molar-refractivity contribution in [3.8, 4) is 61.8 Å². The van der Waals surface area contributed by atoms with E-state index in [0.717, 1.165) is 39.2 Å². The highest BCUT2D eigenvalue weighted by atomic mass is 15.0. The lowest BCUT2D eigenvalue weighted by Crippen LogP contribution is -1.97. The quantitative estimate of drug-likeness (QED) is 0.176. The van der Waals surface area contributed by atoms with Gasteiger partial charge in [-0.3, -0.25) is 0 Å². The smallest absolute Gasteiger partial charge is 0.160 e. The highest BCUT2D eigenvalue weighted by Gasteiger charge is 2.16. The lowest BCUT2D eigenvalue weighted by Gasteiger charge is -2.15. The van der Waals surface area contributed by atoms with E-state index in [-0.39, 0.29) is 0 Å². The topological polar surface area (TPSA) is 30.7 Å². The first-order valence-electron chi connectivity index (χ1n) is 18.0. The zero-order valence-electron chi connectivity index (χ0n) is 28.9. The minimum Gasteiger partial charge on any atom is -0.309 e. The average molecular weight is 676 g/mol. The first kappa shape index (κ1) is 30.7. The molecular weight excluding hydrogens is 643 g/mol. The summed E-state index contributed by atoms with van der Waals surface area (Å²) in [7, 11) is 0. The van der Waals surface area contributed by atoms with Gasteiger partial charge in [-0.05, 0) is 63.4 Å². The second kappa shape index (κ2) is 12.9. The summed E-state index contributed by atoms with van der Waals surface area (Å²) in [5, 5.41) is 4.87. The van der Waals surface area contributed by atoms with Crippen LogP contribution >= 0.6 is 0 Å². The molecule has 0 radical (unpaired) electrons. The summed E-state index contributed by atoms with van der Waals surface area (Å²) in [6, 6.07) is 70.9. The third kappa shape index (κ3) is 5.47. The van der Waals surface area contributed by atoms with Crippen molar-refractivity contribution in [3.05, 3.63) is 200 Å². The summed E-state index contributed by atoms with van der Waals surface area (Å²) >= 11 is 0. The van der Waals surface area contributed by atoms with Crippen molar-refractivity contribution in [1.29, 1.82) is 0 Å². The van der Waals surface area contributed by atoms with Crippen LogP contribution in [0.25, 0.3) is 94.4 Å². The van der Waals surface area contributed by atoms with E-state index in [1.54, 1.807) is 0 Å². The maximum Gasteiger partial charge on any atom is 0.160 e. The Morgan fingerprint density at radius 3 is 1.40 bits per heavy atom. The van der Waals surface area contributed by atoms with E-state index in [9.17, 15) is 0 Å². The Kier molecular flexibility index (Phi) is 7.47. The zero-order chi connectivity index (χ0) is 35.1. The lowest BCUT2D eigenvalue weighted by atomic mass is 9.93. The van der Waals surface area contributed by atoms with Crippen molar-refractivity contribution < 1.29 is 0 Å². The zero-order valence-corrected chi connectivity index (χ0v) is 28.9. The van der Waals surface area contributed by atoms with Gasteiger partial charge in [0.15, 0.2) is 5.82 Å². The van der Waals surface area contributed by atoms with Crippen LogP contribution in [-0.2, 0) is 0 Å². The molecule has 0 saturated carbocycles. The van der Waals surface area contributed by atoms with Crippen molar-refractivity contribution in [2.24, 2.45) is 0 Å². The van der Waals surface area contributed by atoms with Crippen molar-refractivity contribution in [2.75, 3.05) is 0 Å². The largest absolute Gasteiger partial charge is 0.309 e. The predicted octanol–water partition coefficient (Wildman–Crippen LogP) is 13.1. The van der Waals surface area contributed by atoms with Crippen LogP contribution in [-0.4, -0.2) is 14.5 Å². The molecule has 0 aliphatic rings. The van der Waals surface area contributed by atoms with E-state index in [2.05, 4.69) is 193 Å². The molecule has 0 saturated heterocycles. The maximum atomic E-state index is 5.23. The van der Waals surface area contributed by atoms with Crippen LogP contribution in [0.1, 0.15) is 0 Å². The Bertz CT molecular complexity index is 2850. The molecule has 0 aliphatic heterocycles. The average Bonchev–Trinajstić information content (AvgIpc) is 3.58. The molecular formula is C50H33N3. The Morgan fingerprint density at radius 2 is 0.755 bits per heavy atom. The van der Waals surface area contributed by atoms with Gasteiger partial charge in [0, 0.05) is 33.2 Å². The fourth-order valence-electron chi connectivity index (χ4n) is 7.68. The fraction of sp³-hybridized carbons (Fsp3) is 0. The van der Waals surface area contributed by atoms with Gasteiger partial charge < -0.3 is 4.57 Å². The van der Waals surface area contributed by atoms with Crippen LogP contribution in [0.2, 0.25) is 0 Å². The van der Waals surface area contributed by atoms with Crippen LogP contribution in [0.4, 0.5) is 0 Å². The molecule has 0 spiro atoms. The molecule has 10 rings (SSSR count). The van der Waals surface area contributed by atoms with E-state index >= 15 is 0 Å². The number of hydrogen-bond acceptors (Lipinski definition) is 2. The van der Waals surface area contributed by atoms with E-state index in [1.807, 2.05) is 12.1 Å². The van der Waals surface area contributed by atoms with E-state index < -0.39 is 0 Å². The number of para-hydroxylation sites is 2. The molecule has 8 aromatic carbocycles. The van der Waals surface area contributed by atoms with Gasteiger partial charge in [-0.1, -0.05) is 170 Å². The number of rotatable bonds is 6. The molecule has 10 aromatic rings. The van der Waals surface area contributed by atoms with Gasteiger partial charge in [0.2, 0.25) is 0 Å². The summed E-state index contributed by atoms with van der Waals surface area (Å²) in [5.74, 6) is 0.703. The van der Waals surface area contributed by atoms with Crippen LogP contribution in [0.5, 0.6) is 0 Å². The fourth-order valence-corrected chi connectivity index (χ4v) is 7.68. The lowest BCUT2D eigenvalue weighted by molar-refractivity contribution is 1.18. The van der Waals surface area contributed by atoms with Gasteiger partial charge >= 0.3 is 0 Å². The Hall–Kier alpha value is -7.10. The maximum absolute atomic E-state index is 5.23. The number of nitrogens with zero attached hydrogens (tertiary/aromatic N) is 3. The number of aromatic nitrogens is 3. The number of fused-ring (bicyclic) bond motifs is 4. The van der Waals surface area contributed by atoms with Gasteiger partial charge in [-0.2, -0.15) is 0 Å². The summed E-state index contributed by atoms with van der Waals surface area (Å²) in [6.07, 6.45) is 0. The molecule has 2 heterocycles. The molecule has 0 fully saturated rings. The summed E-state index contributed by atoms with van der Waals surface area (Å²) in [4.78, 5) is 10.3. The van der Waals surface area contributed by atoms with Crippen LogP contribution < -0.4 is 0 Å². The first-order chi connectivity index (χ1) is 26.3. The molecule has 0 amide bonds. The van der Waals surface area contributed by atoms with Gasteiger partial charge in [0.25, 0.3) is 0 Å². The second-order valence-corrected chi connectivity index (χ2v) is 13.4. The van der Waals surface area contributed by atoms with E-state index in [4.69, 9.17) is 9.97 Å². The van der Waals surface area contributed by atoms with Crippen molar-refractivity contribution >= 4 is 32.6 Å². The molecule has 2 aromatic heterocycles. The van der Waals surface area contributed by atoms with Crippen LogP contribution in [0.15, 0.2) is 200 Å². The minimum atomic E-state index is 0.703. The number of hydrogen-bond donors (Lipinski definition) is 0. The number of benzene rings is 8. The molecule has 53 heavy (non-hydrogen) atoms. The van der Waals surface area contributed by atoms with Gasteiger partial charge in [-0.25, -0.2) is 9.97 Å². The van der Waals surface area contributed by atoms with E-state index in [0.29, 0.717) is 5.82 Å². The Morgan fingerprint density at radius 1 is 0.302 bits per heavy atom. The van der Waals surface area contributed by atoms with Crippen molar-refractivity contribution in [2.45, 2.75) is 0 Å². The third-order valence-electron chi connectivity index (χ3n) is 10.3. The van der Waals surface area contributed by atoms with Crippen molar-refractivity contribution in [3.63, 3.8) is 0 Å². The molecule has 3 nitrogen and oxygen atoms in total. The Labute approximate surface area is 308 Å². The SMILES string of the molecule is c1ccc(-c2ccc(-c3nc(-c4ccccc4)cc(-c4ccc(-c5ccc(-n6c7ccccc7c7ccccc76)cc5)c5ccccc45)n3)cc2)cc1. The normalized spacial score (nSPS) is 11.4. The van der Waals surface area contributed by atoms with Gasteiger partial charge in [0.05, 0.1) is 22.4 Å². The molecule has 3 heteroatoms. The molecule has 0 aliphatic carbocycles. The summed E-state index contributed by atoms with van der Waals surface area (Å²) in [5.41, 5.74) is 13.2. The molecule has 0 unspecified atom stereocenters. The third-order valence-corrected chi connectivity index (χ3v) is 10.3. The molecule has 0 atom stereocenters. The molecule has 0 N–H and O–H groups in total. The standard InChI is InChI=1S/C50H33N3/c1-3-13-34(14-4-1)35-23-25-38(26-24-35)50-51-46(37-15-5-2-6-16-37)33-47(52-50)43-32-31-40(41-17-7-8-18-42(41)43)36-27-29-39(30-28-36)53-48-21-11-9-19-44(48)45-20-10-12-22-49(45)53/h1-33H. The monoisotopic (exact) mass is 675 g/mol. The predicted molar refractivity (Wildman–Crippen MR) is 221 cm³/mol. The van der Waals surface area contributed by atoms with Crippen LogP contribution in [0, 0.1) is 0 Å². The molecule has 0 bridgehead atoms. The van der Waals surface area contributed by atoms with E-state index in [1.165, 1.54) is 49.4 Å². The minimum absolute atomic E-state index is 0.703. The highest BCUT2D eigenvalue weighted by Crippen LogP contribution is 2.38. The Balaban J connectivity index is 1.07. The van der Waals surface area contributed by atoms with Crippen LogP contribution in [0.3, 0.4) is 0 Å². The summed E-state index contributed by atoms with van der Waals surface area (Å²) < 4.78 is 2.36. The second-order valence-electron chi connectivity index (χ2n) is 13.4. The first-order valence-corrected chi connectivity index (χ1v) is 18.0. The molecule has 248 valence electrons. The van der Waals surface area contributed by atoms with Gasteiger partial charge in [0.1, 0.15) is 0 Å².